The van der Waals surface area contributed by atoms with Crippen LogP contribution in [0.5, 0.6) is 0 Å². The van der Waals surface area contributed by atoms with Gasteiger partial charge in [-0.2, -0.15) is 4.59 Å². The zero-order valence-corrected chi connectivity index (χ0v) is 12.6. The third-order valence-corrected chi connectivity index (χ3v) is 5.02. The molecule has 2 heterocycles. The van der Waals surface area contributed by atoms with Gasteiger partial charge in [0.2, 0.25) is 0 Å². The third kappa shape index (κ3) is 2.22. The SMILES string of the molecule is CC[N+]1(CC2=C(C)CC(C)(C3CC3)NC2=O)C=CC=N1. The topological polar surface area (TPSA) is 41.5 Å². The van der Waals surface area contributed by atoms with Crippen LogP contribution < -0.4 is 5.32 Å². The Morgan fingerprint density at radius 1 is 1.50 bits per heavy atom. The van der Waals surface area contributed by atoms with E-state index in [-0.39, 0.29) is 11.4 Å². The second kappa shape index (κ2) is 4.55. The van der Waals surface area contributed by atoms with Gasteiger partial charge in [-0.3, -0.25) is 4.79 Å². The van der Waals surface area contributed by atoms with Crippen molar-refractivity contribution in [2.24, 2.45) is 11.0 Å². The molecule has 1 fully saturated rings. The lowest BCUT2D eigenvalue weighted by Crippen LogP contribution is -2.53. The monoisotopic (exact) mass is 274 g/mol. The van der Waals surface area contributed by atoms with Gasteiger partial charge in [-0.25, -0.2) is 0 Å². The summed E-state index contributed by atoms with van der Waals surface area (Å²) in [5.41, 5.74) is 2.14. The fourth-order valence-electron chi connectivity index (χ4n) is 3.48. The van der Waals surface area contributed by atoms with E-state index in [1.54, 1.807) is 0 Å². The molecular weight excluding hydrogens is 250 g/mol. The van der Waals surface area contributed by atoms with Crippen molar-refractivity contribution in [3.8, 4) is 0 Å². The minimum atomic E-state index is -0.0220. The van der Waals surface area contributed by atoms with Crippen LogP contribution in [0.25, 0.3) is 0 Å². The number of quaternary nitrogens is 1. The molecule has 3 aliphatic rings. The van der Waals surface area contributed by atoms with Gasteiger partial charge in [0.05, 0.1) is 11.8 Å². The number of carbonyl (C=O) groups excluding carboxylic acids is 1. The Hall–Kier alpha value is -1.42. The van der Waals surface area contributed by atoms with Crippen molar-refractivity contribution in [1.82, 2.24) is 5.32 Å². The Kier molecular flexibility index (Phi) is 3.09. The van der Waals surface area contributed by atoms with Crippen molar-refractivity contribution in [3.05, 3.63) is 23.4 Å². The van der Waals surface area contributed by atoms with Crippen LogP contribution in [0.3, 0.4) is 0 Å². The summed E-state index contributed by atoms with van der Waals surface area (Å²) in [5.74, 6) is 0.784. The van der Waals surface area contributed by atoms with Crippen LogP contribution in [0.15, 0.2) is 28.5 Å². The van der Waals surface area contributed by atoms with Crippen LogP contribution in [-0.2, 0) is 4.79 Å². The average molecular weight is 274 g/mol. The molecule has 2 unspecified atom stereocenters. The van der Waals surface area contributed by atoms with Gasteiger partial charge in [-0.1, -0.05) is 10.7 Å². The van der Waals surface area contributed by atoms with Crippen molar-refractivity contribution in [3.63, 3.8) is 0 Å². The van der Waals surface area contributed by atoms with Crippen LogP contribution in [0, 0.1) is 5.92 Å². The molecule has 0 radical (unpaired) electrons. The number of likely N-dealkylation sites (N-methyl/N-ethyl adjacent to an activating group) is 1. The number of rotatable bonds is 4. The van der Waals surface area contributed by atoms with Gasteiger partial charge in [-0.15, -0.1) is 0 Å². The molecule has 1 amide bonds. The third-order valence-electron chi connectivity index (χ3n) is 5.02. The molecule has 20 heavy (non-hydrogen) atoms. The number of nitrogens with one attached hydrogen (secondary N) is 1. The summed E-state index contributed by atoms with van der Waals surface area (Å²) in [6.07, 6.45) is 9.35. The smallest absolute Gasteiger partial charge is 0.253 e. The normalized spacial score (nSPS) is 36.6. The Bertz CT molecular complexity index is 516. The van der Waals surface area contributed by atoms with Gasteiger partial charge < -0.3 is 5.32 Å². The molecule has 0 aromatic heterocycles. The second-order valence-corrected chi connectivity index (χ2v) is 6.65. The van der Waals surface area contributed by atoms with Gasteiger partial charge in [0.1, 0.15) is 19.3 Å². The fourth-order valence-corrected chi connectivity index (χ4v) is 3.48. The number of allylic oxidation sites excluding steroid dienone is 1. The summed E-state index contributed by atoms with van der Waals surface area (Å²) >= 11 is 0. The number of carbonyl (C=O) groups is 1. The van der Waals surface area contributed by atoms with E-state index in [9.17, 15) is 4.79 Å². The molecule has 3 rings (SSSR count). The molecule has 0 aromatic rings. The first-order valence-corrected chi connectivity index (χ1v) is 7.59. The first-order valence-electron chi connectivity index (χ1n) is 7.59. The molecule has 1 N–H and O–H groups in total. The number of hydrogen-bond acceptors (Lipinski definition) is 2. The average Bonchev–Trinajstić information content (AvgIpc) is 3.16. The van der Waals surface area contributed by atoms with Gasteiger partial charge in [0.25, 0.3) is 5.91 Å². The number of nitrogens with zero attached hydrogens (tertiary/aromatic N) is 2. The molecule has 2 atom stereocenters. The highest BCUT2D eigenvalue weighted by Gasteiger charge is 2.46. The van der Waals surface area contributed by atoms with Gasteiger partial charge in [0.15, 0.2) is 0 Å². The molecule has 0 bridgehead atoms. The summed E-state index contributed by atoms with van der Waals surface area (Å²) < 4.78 is 0.514. The van der Waals surface area contributed by atoms with Crippen LogP contribution >= 0.6 is 0 Å². The lowest BCUT2D eigenvalue weighted by molar-refractivity contribution is -0.876. The summed E-state index contributed by atoms with van der Waals surface area (Å²) in [4.78, 5) is 12.5. The predicted octanol–water partition coefficient (Wildman–Crippen LogP) is 2.34. The molecule has 1 saturated carbocycles. The van der Waals surface area contributed by atoms with Crippen LogP contribution in [0.1, 0.15) is 40.0 Å². The van der Waals surface area contributed by atoms with Gasteiger partial charge >= 0.3 is 0 Å². The molecule has 4 heteroatoms. The van der Waals surface area contributed by atoms with E-state index in [4.69, 9.17) is 0 Å². The van der Waals surface area contributed by atoms with E-state index in [1.807, 2.05) is 12.3 Å². The van der Waals surface area contributed by atoms with E-state index in [0.29, 0.717) is 17.1 Å². The van der Waals surface area contributed by atoms with Crippen molar-refractivity contribution in [2.45, 2.75) is 45.6 Å². The highest BCUT2D eigenvalue weighted by atomic mass is 16.2. The van der Waals surface area contributed by atoms with Crippen molar-refractivity contribution in [1.29, 1.82) is 0 Å². The molecular formula is C16H24N3O+. The van der Waals surface area contributed by atoms with Gasteiger partial charge in [-0.05, 0) is 46.0 Å². The van der Waals surface area contributed by atoms with E-state index < -0.39 is 0 Å². The van der Waals surface area contributed by atoms with E-state index in [1.165, 1.54) is 18.4 Å². The molecule has 0 saturated heterocycles. The Morgan fingerprint density at radius 2 is 2.25 bits per heavy atom. The maximum Gasteiger partial charge on any atom is 0.253 e. The highest BCUT2D eigenvalue weighted by Crippen LogP contribution is 2.44. The van der Waals surface area contributed by atoms with Crippen molar-refractivity contribution >= 4 is 12.1 Å². The minimum absolute atomic E-state index is 0.0220. The summed E-state index contributed by atoms with van der Waals surface area (Å²) in [5, 5.41) is 7.79. The van der Waals surface area contributed by atoms with Crippen LogP contribution in [-0.4, -0.2) is 35.3 Å². The number of hydrogen-bond donors (Lipinski definition) is 1. The van der Waals surface area contributed by atoms with E-state index in [2.05, 4.69) is 37.4 Å². The summed E-state index contributed by atoms with van der Waals surface area (Å²) in [6, 6.07) is 0. The molecule has 2 aliphatic heterocycles. The first kappa shape index (κ1) is 13.6. The largest absolute Gasteiger partial charge is 0.346 e. The van der Waals surface area contributed by atoms with E-state index in [0.717, 1.165) is 18.5 Å². The molecule has 1 aliphatic carbocycles. The lowest BCUT2D eigenvalue weighted by atomic mass is 9.82. The zero-order valence-electron chi connectivity index (χ0n) is 12.6. The quantitative estimate of drug-likeness (QED) is 0.786. The Labute approximate surface area is 120 Å². The number of amides is 1. The van der Waals surface area contributed by atoms with Crippen molar-refractivity contribution < 1.29 is 9.39 Å². The predicted molar refractivity (Wildman–Crippen MR) is 79.9 cm³/mol. The zero-order chi connectivity index (χ0) is 14.4. The first-order chi connectivity index (χ1) is 9.48. The Balaban J connectivity index is 1.84. The van der Waals surface area contributed by atoms with Crippen LogP contribution in [0.2, 0.25) is 0 Å². The lowest BCUT2D eigenvalue weighted by Gasteiger charge is -2.38. The maximum atomic E-state index is 12.5. The standard InChI is InChI=1S/C16H23N3O/c1-4-19(9-5-8-17-19)11-14-12(2)10-16(3,13-6-7-13)18-15(14)20/h5,8-9,13H,4,6-7,10-11H2,1-3H3/p+1. The second-order valence-electron chi connectivity index (χ2n) is 6.65. The van der Waals surface area contributed by atoms with Gasteiger partial charge in [0, 0.05) is 11.6 Å². The molecule has 0 spiro atoms. The maximum absolute atomic E-state index is 12.5. The molecule has 4 nitrogen and oxygen atoms in total. The van der Waals surface area contributed by atoms with E-state index >= 15 is 0 Å². The van der Waals surface area contributed by atoms with Crippen molar-refractivity contribution in [2.75, 3.05) is 13.1 Å². The fraction of sp³-hybridized carbons (Fsp3) is 0.625. The van der Waals surface area contributed by atoms with Crippen LogP contribution in [0.4, 0.5) is 0 Å². The molecule has 108 valence electrons. The summed E-state index contributed by atoms with van der Waals surface area (Å²) in [7, 11) is 0. The molecule has 0 aromatic carbocycles. The summed E-state index contributed by atoms with van der Waals surface area (Å²) in [6.45, 7) is 7.96. The Morgan fingerprint density at radius 3 is 2.75 bits per heavy atom. The highest BCUT2D eigenvalue weighted by molar-refractivity contribution is 5.96. The minimum Gasteiger partial charge on any atom is -0.346 e.